The van der Waals surface area contributed by atoms with Crippen LogP contribution in [0.4, 0.5) is 14.5 Å². The van der Waals surface area contributed by atoms with Crippen molar-refractivity contribution in [2.24, 2.45) is 19.8 Å². The lowest BCUT2D eigenvalue weighted by Crippen LogP contribution is -2.17. The van der Waals surface area contributed by atoms with Crippen molar-refractivity contribution in [2.45, 2.75) is 13.3 Å². The summed E-state index contributed by atoms with van der Waals surface area (Å²) in [7, 11) is 3.35. The molecule has 166 valence electrons. The third kappa shape index (κ3) is 3.77. The zero-order chi connectivity index (χ0) is 23.3. The fraction of sp³-hybridized carbons (Fsp3) is 0.211. The molecule has 4 rings (SSSR count). The van der Waals surface area contributed by atoms with E-state index in [0.29, 0.717) is 26.7 Å². The number of primary amides is 1. The van der Waals surface area contributed by atoms with E-state index in [9.17, 15) is 18.4 Å². The minimum absolute atomic E-state index is 0.0119. The van der Waals surface area contributed by atoms with Crippen LogP contribution < -0.4 is 11.1 Å². The minimum Gasteiger partial charge on any atom is -0.365 e. The summed E-state index contributed by atoms with van der Waals surface area (Å²) in [6.45, 7) is 1.73. The van der Waals surface area contributed by atoms with Crippen LogP contribution in [0.1, 0.15) is 38.0 Å². The van der Waals surface area contributed by atoms with Gasteiger partial charge in [0.05, 0.1) is 15.9 Å². The molecule has 0 aliphatic rings. The van der Waals surface area contributed by atoms with E-state index in [1.807, 2.05) is 0 Å². The van der Waals surface area contributed by atoms with Gasteiger partial charge in [0, 0.05) is 37.4 Å². The second kappa shape index (κ2) is 8.06. The largest absolute Gasteiger partial charge is 0.365 e. The molecule has 0 atom stereocenters. The summed E-state index contributed by atoms with van der Waals surface area (Å²) in [5.74, 6) is -1.43. The van der Waals surface area contributed by atoms with Gasteiger partial charge in [0.2, 0.25) is 0 Å². The van der Waals surface area contributed by atoms with Gasteiger partial charge in [-0.1, -0.05) is 0 Å². The van der Waals surface area contributed by atoms with Gasteiger partial charge in [0.1, 0.15) is 15.4 Å². The lowest BCUT2D eigenvalue weighted by molar-refractivity contribution is 0.100. The Kier molecular flexibility index (Phi) is 5.54. The Hall–Kier alpha value is -3.19. The standard InChI is InChI=1S/C19H16BrF2N7O2S/c1-7-9(5-28(2)26-7)8-4-11(16(21)22)24-19-12(8)14(15(32-19)17(23)30)25-18(31)13-10(20)6-29(3)27-13/h4-6,16H,1-3H3,(H2,23,30)(H,25,31). The number of aryl methyl sites for hydroxylation is 3. The number of rotatable bonds is 5. The van der Waals surface area contributed by atoms with E-state index in [4.69, 9.17) is 5.73 Å². The molecule has 13 heteroatoms. The van der Waals surface area contributed by atoms with Crippen molar-refractivity contribution in [3.05, 3.63) is 44.9 Å². The number of fused-ring (bicyclic) bond motifs is 1. The van der Waals surface area contributed by atoms with Crippen LogP contribution in [0.5, 0.6) is 0 Å². The minimum atomic E-state index is -2.84. The molecule has 3 N–H and O–H groups in total. The molecule has 0 bridgehead atoms. The van der Waals surface area contributed by atoms with Gasteiger partial charge in [0.15, 0.2) is 5.69 Å². The van der Waals surface area contributed by atoms with Crippen LogP contribution in [0.2, 0.25) is 0 Å². The highest BCUT2D eigenvalue weighted by Crippen LogP contribution is 2.43. The van der Waals surface area contributed by atoms with Crippen LogP contribution in [0, 0.1) is 6.92 Å². The van der Waals surface area contributed by atoms with Gasteiger partial charge in [0.25, 0.3) is 18.2 Å². The number of carbonyl (C=O) groups excluding carboxylic acids is 2. The van der Waals surface area contributed by atoms with Crippen LogP contribution >= 0.6 is 27.3 Å². The summed E-state index contributed by atoms with van der Waals surface area (Å²) in [4.78, 5) is 29.3. The highest BCUT2D eigenvalue weighted by molar-refractivity contribution is 9.10. The second-order valence-corrected chi connectivity index (χ2v) is 8.85. The summed E-state index contributed by atoms with van der Waals surface area (Å²) in [6.07, 6.45) is 0.426. The number of nitrogens with one attached hydrogen (secondary N) is 1. The zero-order valence-electron chi connectivity index (χ0n) is 17.0. The Labute approximate surface area is 192 Å². The third-order valence-electron chi connectivity index (χ3n) is 4.67. The number of halogens is 3. The number of nitrogens with two attached hydrogens (primary N) is 1. The number of carbonyl (C=O) groups is 2. The van der Waals surface area contributed by atoms with E-state index >= 15 is 0 Å². The van der Waals surface area contributed by atoms with Crippen molar-refractivity contribution in [1.82, 2.24) is 24.5 Å². The zero-order valence-corrected chi connectivity index (χ0v) is 19.4. The monoisotopic (exact) mass is 523 g/mol. The average molecular weight is 524 g/mol. The average Bonchev–Trinajstić information content (AvgIpc) is 3.35. The SMILES string of the molecule is Cc1nn(C)cc1-c1cc(C(F)F)nc2sc(C(N)=O)c(NC(=O)c3nn(C)cc3Br)c12. The second-order valence-electron chi connectivity index (χ2n) is 7.00. The van der Waals surface area contributed by atoms with Gasteiger partial charge in [-0.2, -0.15) is 10.2 Å². The van der Waals surface area contributed by atoms with E-state index in [2.05, 4.69) is 36.4 Å². The highest BCUT2D eigenvalue weighted by Gasteiger charge is 2.27. The molecule has 4 heterocycles. The molecular formula is C19H16BrF2N7O2S. The van der Waals surface area contributed by atoms with E-state index in [1.165, 1.54) is 10.7 Å². The third-order valence-corrected chi connectivity index (χ3v) is 6.35. The Balaban J connectivity index is 1.99. The van der Waals surface area contributed by atoms with Crippen LogP contribution in [0.3, 0.4) is 0 Å². The Morgan fingerprint density at radius 2 is 1.88 bits per heavy atom. The van der Waals surface area contributed by atoms with Crippen molar-refractivity contribution >= 4 is 55.0 Å². The number of hydrogen-bond acceptors (Lipinski definition) is 6. The fourth-order valence-electron chi connectivity index (χ4n) is 3.38. The van der Waals surface area contributed by atoms with Crippen molar-refractivity contribution < 1.29 is 18.4 Å². The van der Waals surface area contributed by atoms with Gasteiger partial charge < -0.3 is 11.1 Å². The van der Waals surface area contributed by atoms with Crippen molar-refractivity contribution in [3.8, 4) is 11.1 Å². The molecule has 0 radical (unpaired) electrons. The molecule has 4 aromatic heterocycles. The number of thiophene rings is 1. The maximum Gasteiger partial charge on any atom is 0.280 e. The van der Waals surface area contributed by atoms with Crippen LogP contribution in [-0.2, 0) is 14.1 Å². The van der Waals surface area contributed by atoms with E-state index in [0.717, 1.165) is 11.3 Å². The quantitative estimate of drug-likeness (QED) is 0.412. The first-order valence-corrected chi connectivity index (χ1v) is 10.7. The number of anilines is 1. The first-order chi connectivity index (χ1) is 15.1. The van der Waals surface area contributed by atoms with E-state index in [1.54, 1.807) is 38.1 Å². The number of hydrogen-bond donors (Lipinski definition) is 2. The summed E-state index contributed by atoms with van der Waals surface area (Å²) in [5, 5.41) is 11.4. The molecule has 0 aliphatic carbocycles. The number of nitrogens with zero attached hydrogens (tertiary/aromatic N) is 5. The summed E-state index contributed by atoms with van der Waals surface area (Å²) in [5.41, 5.74) is 6.76. The highest BCUT2D eigenvalue weighted by atomic mass is 79.9. The van der Waals surface area contributed by atoms with Crippen LogP contribution in [0.15, 0.2) is 22.9 Å². The van der Waals surface area contributed by atoms with Gasteiger partial charge in [-0.25, -0.2) is 13.8 Å². The molecular weight excluding hydrogens is 508 g/mol. The number of amides is 2. The Morgan fingerprint density at radius 3 is 2.41 bits per heavy atom. The summed E-state index contributed by atoms with van der Waals surface area (Å²) >= 11 is 4.10. The molecule has 0 fully saturated rings. The molecule has 2 amide bonds. The predicted octanol–water partition coefficient (Wildman–Crippen LogP) is 3.79. The Morgan fingerprint density at radius 1 is 1.19 bits per heavy atom. The van der Waals surface area contributed by atoms with Crippen molar-refractivity contribution in [2.75, 3.05) is 5.32 Å². The molecule has 9 nitrogen and oxygen atoms in total. The fourth-order valence-corrected chi connectivity index (χ4v) is 4.95. The lowest BCUT2D eigenvalue weighted by Gasteiger charge is -2.10. The van der Waals surface area contributed by atoms with Gasteiger partial charge in [-0.15, -0.1) is 11.3 Å². The normalized spacial score (nSPS) is 11.5. The van der Waals surface area contributed by atoms with Crippen LogP contribution in [-0.4, -0.2) is 36.4 Å². The van der Waals surface area contributed by atoms with E-state index < -0.39 is 23.9 Å². The topological polar surface area (TPSA) is 121 Å². The molecule has 0 saturated heterocycles. The maximum absolute atomic E-state index is 13.6. The molecule has 0 saturated carbocycles. The van der Waals surface area contributed by atoms with Crippen molar-refractivity contribution in [3.63, 3.8) is 0 Å². The van der Waals surface area contributed by atoms with Gasteiger partial charge in [-0.05, 0) is 34.5 Å². The first kappa shape index (κ1) is 22.0. The number of pyridine rings is 1. The molecule has 0 aromatic carbocycles. The van der Waals surface area contributed by atoms with Gasteiger partial charge >= 0.3 is 0 Å². The molecule has 32 heavy (non-hydrogen) atoms. The Bertz CT molecular complexity index is 1390. The number of alkyl halides is 2. The van der Waals surface area contributed by atoms with E-state index in [-0.39, 0.29) is 21.1 Å². The molecule has 0 spiro atoms. The molecule has 0 aliphatic heterocycles. The molecule has 4 aromatic rings. The number of aromatic nitrogens is 5. The summed E-state index contributed by atoms with van der Waals surface area (Å²) < 4.78 is 30.6. The first-order valence-electron chi connectivity index (χ1n) is 9.13. The van der Waals surface area contributed by atoms with Crippen LogP contribution in [0.25, 0.3) is 21.3 Å². The predicted molar refractivity (Wildman–Crippen MR) is 119 cm³/mol. The van der Waals surface area contributed by atoms with Crippen molar-refractivity contribution in [1.29, 1.82) is 0 Å². The smallest absolute Gasteiger partial charge is 0.280 e. The van der Waals surface area contributed by atoms with Gasteiger partial charge in [-0.3, -0.25) is 19.0 Å². The molecule has 0 unspecified atom stereocenters. The summed E-state index contributed by atoms with van der Waals surface area (Å²) in [6, 6.07) is 1.24. The maximum atomic E-state index is 13.6. The lowest BCUT2D eigenvalue weighted by atomic mass is 10.0.